The predicted molar refractivity (Wildman–Crippen MR) is 65.2 cm³/mol. The van der Waals surface area contributed by atoms with Crippen LogP contribution in [-0.2, 0) is 6.42 Å². The van der Waals surface area contributed by atoms with Crippen molar-refractivity contribution >= 4 is 0 Å². The summed E-state index contributed by atoms with van der Waals surface area (Å²) in [5.41, 5.74) is 8.88. The fourth-order valence-corrected chi connectivity index (χ4v) is 1.74. The fraction of sp³-hybridized carbons (Fsp3) is 0.417. The van der Waals surface area contributed by atoms with Gasteiger partial charge in [-0.2, -0.15) is 0 Å². The number of H-pyrrole nitrogens is 2. The van der Waals surface area contributed by atoms with Crippen molar-refractivity contribution < 1.29 is 0 Å². The van der Waals surface area contributed by atoms with Gasteiger partial charge in [0.2, 0.25) is 0 Å². The smallest absolute Gasteiger partial charge is 0.109 e. The van der Waals surface area contributed by atoms with E-state index in [0.29, 0.717) is 12.5 Å². The number of nitrogens with two attached hydrogens (primary N) is 1. The Labute approximate surface area is 95.3 Å². The lowest BCUT2D eigenvalue weighted by molar-refractivity contribution is 0.786. The molecule has 0 aliphatic carbocycles. The Bertz CT molecular complexity index is 440. The van der Waals surface area contributed by atoms with E-state index in [9.17, 15) is 0 Å². The first-order valence-corrected chi connectivity index (χ1v) is 5.64. The van der Waals surface area contributed by atoms with E-state index in [1.807, 2.05) is 18.5 Å². The molecule has 0 spiro atoms. The molecular weight excluding hydrogens is 200 g/mol. The Kier molecular flexibility index (Phi) is 3.10. The molecule has 0 atom stereocenters. The Hall–Kier alpha value is -1.55. The molecule has 0 fully saturated rings. The Morgan fingerprint density at radius 2 is 2.25 bits per heavy atom. The topological polar surface area (TPSA) is 70.5 Å². The molecule has 0 radical (unpaired) electrons. The molecule has 0 bridgehead atoms. The van der Waals surface area contributed by atoms with Crippen LogP contribution in [-0.4, -0.2) is 21.5 Å². The molecule has 2 rings (SSSR count). The molecule has 4 N–H and O–H groups in total. The van der Waals surface area contributed by atoms with Crippen LogP contribution in [0.2, 0.25) is 0 Å². The largest absolute Gasteiger partial charge is 0.367 e. The van der Waals surface area contributed by atoms with E-state index in [1.165, 1.54) is 0 Å². The molecular formula is C12H18N4. The minimum atomic E-state index is 0.407. The maximum atomic E-state index is 5.61. The third-order valence-corrected chi connectivity index (χ3v) is 2.61. The summed E-state index contributed by atoms with van der Waals surface area (Å²) in [6, 6.07) is 2.03. The van der Waals surface area contributed by atoms with Gasteiger partial charge in [-0.25, -0.2) is 4.98 Å². The zero-order valence-corrected chi connectivity index (χ0v) is 9.75. The molecule has 0 saturated carbocycles. The van der Waals surface area contributed by atoms with Crippen molar-refractivity contribution in [3.8, 4) is 11.3 Å². The number of imidazole rings is 1. The summed E-state index contributed by atoms with van der Waals surface area (Å²) < 4.78 is 0. The van der Waals surface area contributed by atoms with Gasteiger partial charge in [-0.1, -0.05) is 13.8 Å². The van der Waals surface area contributed by atoms with Crippen LogP contribution in [0.15, 0.2) is 18.5 Å². The summed E-state index contributed by atoms with van der Waals surface area (Å²) in [4.78, 5) is 11.1. The van der Waals surface area contributed by atoms with E-state index in [2.05, 4.69) is 28.8 Å². The molecule has 16 heavy (non-hydrogen) atoms. The quantitative estimate of drug-likeness (QED) is 0.734. The second-order valence-electron chi connectivity index (χ2n) is 4.24. The van der Waals surface area contributed by atoms with Gasteiger partial charge in [0, 0.05) is 36.0 Å². The molecule has 4 nitrogen and oxygen atoms in total. The van der Waals surface area contributed by atoms with E-state index in [1.54, 1.807) is 0 Å². The van der Waals surface area contributed by atoms with E-state index in [0.717, 1.165) is 29.2 Å². The van der Waals surface area contributed by atoms with Gasteiger partial charge < -0.3 is 15.7 Å². The number of rotatable bonds is 4. The molecule has 0 aliphatic rings. The zero-order valence-electron chi connectivity index (χ0n) is 9.75. The van der Waals surface area contributed by atoms with Crippen LogP contribution in [0.3, 0.4) is 0 Å². The molecule has 0 aliphatic heterocycles. The number of nitrogens with zero attached hydrogens (tertiary/aromatic N) is 1. The van der Waals surface area contributed by atoms with E-state index < -0.39 is 0 Å². The van der Waals surface area contributed by atoms with E-state index >= 15 is 0 Å². The van der Waals surface area contributed by atoms with Crippen molar-refractivity contribution in [1.29, 1.82) is 0 Å². The van der Waals surface area contributed by atoms with Gasteiger partial charge in [-0.05, 0) is 12.6 Å². The lowest BCUT2D eigenvalue weighted by Gasteiger charge is -1.97. The van der Waals surface area contributed by atoms with Crippen LogP contribution in [0.4, 0.5) is 0 Å². The van der Waals surface area contributed by atoms with Crippen molar-refractivity contribution in [3.05, 3.63) is 30.0 Å². The monoisotopic (exact) mass is 218 g/mol. The van der Waals surface area contributed by atoms with Gasteiger partial charge in [-0.15, -0.1) is 0 Å². The van der Waals surface area contributed by atoms with Gasteiger partial charge in [0.05, 0.1) is 5.69 Å². The summed E-state index contributed by atoms with van der Waals surface area (Å²) in [5, 5.41) is 0. The molecule has 4 heteroatoms. The van der Waals surface area contributed by atoms with Gasteiger partial charge in [0.15, 0.2) is 0 Å². The Balaban J connectivity index is 2.42. The fourth-order valence-electron chi connectivity index (χ4n) is 1.74. The van der Waals surface area contributed by atoms with Gasteiger partial charge in [-0.3, -0.25) is 0 Å². The zero-order chi connectivity index (χ0) is 11.5. The Morgan fingerprint density at radius 1 is 1.44 bits per heavy atom. The molecule has 0 saturated heterocycles. The van der Waals surface area contributed by atoms with Crippen LogP contribution < -0.4 is 5.73 Å². The lowest BCUT2D eigenvalue weighted by Crippen LogP contribution is -2.04. The molecule has 0 unspecified atom stereocenters. The summed E-state index contributed by atoms with van der Waals surface area (Å²) >= 11 is 0. The third-order valence-electron chi connectivity index (χ3n) is 2.61. The molecule has 0 amide bonds. The normalized spacial score (nSPS) is 11.2. The summed E-state index contributed by atoms with van der Waals surface area (Å²) in [6.07, 6.45) is 4.70. The van der Waals surface area contributed by atoms with Gasteiger partial charge >= 0.3 is 0 Å². The first kappa shape index (κ1) is 11.0. The number of aromatic amines is 2. The summed E-state index contributed by atoms with van der Waals surface area (Å²) in [7, 11) is 0. The van der Waals surface area contributed by atoms with Gasteiger partial charge in [0.1, 0.15) is 5.82 Å². The van der Waals surface area contributed by atoms with Crippen LogP contribution in [0.5, 0.6) is 0 Å². The first-order valence-electron chi connectivity index (χ1n) is 5.64. The van der Waals surface area contributed by atoms with E-state index in [-0.39, 0.29) is 0 Å². The van der Waals surface area contributed by atoms with Crippen molar-refractivity contribution in [2.75, 3.05) is 6.54 Å². The number of hydrogen-bond acceptors (Lipinski definition) is 2. The highest BCUT2D eigenvalue weighted by Gasteiger charge is 2.13. The number of hydrogen-bond donors (Lipinski definition) is 3. The maximum absolute atomic E-state index is 5.61. The standard InChI is InChI=1S/C12H18N4/c1-8(2)12-15-10(3-5-13)11(16-12)9-4-6-14-7-9/h4,6-8,14H,3,5,13H2,1-2H3,(H,15,16). The second kappa shape index (κ2) is 4.53. The molecule has 2 aromatic rings. The highest BCUT2D eigenvalue weighted by Crippen LogP contribution is 2.24. The maximum Gasteiger partial charge on any atom is 0.109 e. The predicted octanol–water partition coefficient (Wildman–Crippen LogP) is 2.03. The van der Waals surface area contributed by atoms with Crippen LogP contribution in [0.25, 0.3) is 11.3 Å². The van der Waals surface area contributed by atoms with Crippen molar-refractivity contribution in [2.45, 2.75) is 26.2 Å². The second-order valence-corrected chi connectivity index (χ2v) is 4.24. The third kappa shape index (κ3) is 2.02. The van der Waals surface area contributed by atoms with Gasteiger partial charge in [0.25, 0.3) is 0 Å². The van der Waals surface area contributed by atoms with E-state index in [4.69, 9.17) is 5.73 Å². The van der Waals surface area contributed by atoms with Crippen molar-refractivity contribution in [3.63, 3.8) is 0 Å². The Morgan fingerprint density at radius 3 is 2.81 bits per heavy atom. The SMILES string of the molecule is CC(C)c1nc(-c2cc[nH]c2)c(CCN)[nH]1. The number of nitrogens with one attached hydrogen (secondary N) is 2. The van der Waals surface area contributed by atoms with Crippen LogP contribution in [0.1, 0.15) is 31.3 Å². The highest BCUT2D eigenvalue weighted by molar-refractivity contribution is 5.61. The number of aromatic nitrogens is 3. The molecule has 86 valence electrons. The van der Waals surface area contributed by atoms with Crippen molar-refractivity contribution in [1.82, 2.24) is 15.0 Å². The molecule has 0 aromatic carbocycles. The van der Waals surface area contributed by atoms with Crippen LogP contribution >= 0.6 is 0 Å². The lowest BCUT2D eigenvalue weighted by atomic mass is 10.1. The minimum absolute atomic E-state index is 0.407. The molecule has 2 aromatic heterocycles. The van der Waals surface area contributed by atoms with Crippen LogP contribution in [0, 0.1) is 0 Å². The summed E-state index contributed by atoms with van der Waals surface area (Å²) in [5.74, 6) is 1.43. The molecule has 2 heterocycles. The van der Waals surface area contributed by atoms with Crippen molar-refractivity contribution in [2.24, 2.45) is 5.73 Å². The minimum Gasteiger partial charge on any atom is -0.367 e. The average Bonchev–Trinajstić information content (AvgIpc) is 2.84. The average molecular weight is 218 g/mol. The highest BCUT2D eigenvalue weighted by atomic mass is 14.9. The summed E-state index contributed by atoms with van der Waals surface area (Å²) in [6.45, 7) is 4.90. The first-order chi connectivity index (χ1) is 7.72.